The minimum Gasteiger partial charge on any atom is -0.477 e. The number of carbonyl (C=O) groups excluding carboxylic acids is 1. The molecule has 0 aliphatic rings. The van der Waals surface area contributed by atoms with E-state index in [1.54, 1.807) is 0 Å². The number of amides is 1. The zero-order valence-corrected chi connectivity index (χ0v) is 11.6. The Morgan fingerprint density at radius 3 is 2.50 bits per heavy atom. The highest BCUT2D eigenvalue weighted by atomic mass is 16.5. The van der Waals surface area contributed by atoms with Gasteiger partial charge in [-0.1, -0.05) is 50.3 Å². The van der Waals surface area contributed by atoms with Crippen LogP contribution in [-0.4, -0.2) is 17.2 Å². The number of ether oxygens (including phenoxy) is 1. The first-order chi connectivity index (χ1) is 9.49. The van der Waals surface area contributed by atoms with Crippen molar-refractivity contribution < 1.29 is 19.4 Å². The number of benzene rings is 1. The Labute approximate surface area is 118 Å². The van der Waals surface area contributed by atoms with Gasteiger partial charge in [-0.25, -0.2) is 9.59 Å². The van der Waals surface area contributed by atoms with Crippen molar-refractivity contribution in [3.05, 3.63) is 47.7 Å². The van der Waals surface area contributed by atoms with E-state index in [2.05, 4.69) is 5.32 Å². The van der Waals surface area contributed by atoms with Crippen molar-refractivity contribution in [2.24, 2.45) is 5.92 Å². The second-order valence-electron chi connectivity index (χ2n) is 4.74. The normalized spacial score (nSPS) is 11.2. The summed E-state index contributed by atoms with van der Waals surface area (Å²) in [5.41, 5.74) is 0.683. The number of aliphatic carboxylic acids is 1. The van der Waals surface area contributed by atoms with Crippen LogP contribution in [0.2, 0.25) is 0 Å². The van der Waals surface area contributed by atoms with Gasteiger partial charge in [0.1, 0.15) is 12.3 Å². The smallest absolute Gasteiger partial charge is 0.412 e. The van der Waals surface area contributed by atoms with Crippen LogP contribution in [0.5, 0.6) is 0 Å². The van der Waals surface area contributed by atoms with Gasteiger partial charge in [0.2, 0.25) is 0 Å². The number of carbonyl (C=O) groups is 2. The van der Waals surface area contributed by atoms with Crippen LogP contribution < -0.4 is 5.32 Å². The van der Waals surface area contributed by atoms with Gasteiger partial charge in [0.25, 0.3) is 0 Å². The summed E-state index contributed by atoms with van der Waals surface area (Å²) in [6.45, 7) is 4.02. The number of carboxylic acid groups (broad SMARTS) is 1. The molecule has 2 N–H and O–H groups in total. The summed E-state index contributed by atoms with van der Waals surface area (Å²) in [5, 5.41) is 11.2. The minimum absolute atomic E-state index is 0.101. The predicted molar refractivity (Wildman–Crippen MR) is 74.9 cm³/mol. The summed E-state index contributed by atoms with van der Waals surface area (Å²) in [7, 11) is 0. The predicted octanol–water partition coefficient (Wildman–Crippen LogP) is 2.93. The maximum absolute atomic E-state index is 11.5. The average Bonchev–Trinajstić information content (AvgIpc) is 2.41. The second kappa shape index (κ2) is 7.99. The fraction of sp³-hybridized carbons (Fsp3) is 0.333. The SMILES string of the molecule is CC(C)C/C=C(\NC(=O)OCc1ccccc1)C(=O)O. The number of alkyl carbamates (subject to hydrolysis) is 1. The summed E-state index contributed by atoms with van der Waals surface area (Å²) in [6, 6.07) is 9.17. The third kappa shape index (κ3) is 6.04. The van der Waals surface area contributed by atoms with Crippen molar-refractivity contribution in [1.82, 2.24) is 5.32 Å². The lowest BCUT2D eigenvalue weighted by Gasteiger charge is -2.08. The van der Waals surface area contributed by atoms with Gasteiger partial charge in [0.15, 0.2) is 0 Å². The number of allylic oxidation sites excluding steroid dienone is 1. The van der Waals surface area contributed by atoms with Gasteiger partial charge in [-0.2, -0.15) is 0 Å². The molecule has 1 aromatic carbocycles. The van der Waals surface area contributed by atoms with E-state index in [0.29, 0.717) is 12.3 Å². The Kier molecular flexibility index (Phi) is 6.29. The fourth-order valence-electron chi connectivity index (χ4n) is 1.41. The van der Waals surface area contributed by atoms with Gasteiger partial charge in [-0.15, -0.1) is 0 Å². The van der Waals surface area contributed by atoms with Gasteiger partial charge < -0.3 is 9.84 Å². The van der Waals surface area contributed by atoms with Crippen LogP contribution >= 0.6 is 0 Å². The van der Waals surface area contributed by atoms with Crippen molar-refractivity contribution in [2.45, 2.75) is 26.9 Å². The fourth-order valence-corrected chi connectivity index (χ4v) is 1.41. The van der Waals surface area contributed by atoms with E-state index in [1.807, 2.05) is 44.2 Å². The molecule has 0 atom stereocenters. The van der Waals surface area contributed by atoms with Crippen LogP contribution in [0.25, 0.3) is 0 Å². The highest BCUT2D eigenvalue weighted by molar-refractivity contribution is 5.90. The first-order valence-corrected chi connectivity index (χ1v) is 6.40. The van der Waals surface area contributed by atoms with Crippen LogP contribution in [0.4, 0.5) is 4.79 Å². The molecule has 1 amide bonds. The Hall–Kier alpha value is -2.30. The van der Waals surface area contributed by atoms with E-state index in [1.165, 1.54) is 6.08 Å². The summed E-state index contributed by atoms with van der Waals surface area (Å²) in [5.74, 6) is -0.867. The Morgan fingerprint density at radius 2 is 1.95 bits per heavy atom. The summed E-state index contributed by atoms with van der Waals surface area (Å²) < 4.78 is 4.96. The molecular weight excluding hydrogens is 258 g/mol. The molecule has 1 aromatic rings. The van der Waals surface area contributed by atoms with Crippen LogP contribution in [0, 0.1) is 5.92 Å². The van der Waals surface area contributed by atoms with E-state index >= 15 is 0 Å². The molecule has 0 aliphatic heterocycles. The maximum Gasteiger partial charge on any atom is 0.412 e. The number of carboxylic acids is 1. The monoisotopic (exact) mass is 277 g/mol. The third-order valence-corrected chi connectivity index (χ3v) is 2.47. The zero-order chi connectivity index (χ0) is 15.0. The van der Waals surface area contributed by atoms with E-state index in [9.17, 15) is 9.59 Å². The standard InChI is InChI=1S/C15H19NO4/c1-11(2)8-9-13(14(17)18)16-15(19)20-10-12-6-4-3-5-7-12/h3-7,9,11H,8,10H2,1-2H3,(H,16,19)(H,17,18)/b13-9-. The maximum atomic E-state index is 11.5. The quantitative estimate of drug-likeness (QED) is 0.784. The van der Waals surface area contributed by atoms with E-state index in [0.717, 1.165) is 5.56 Å². The molecular formula is C15H19NO4. The van der Waals surface area contributed by atoms with Crippen LogP contribution in [0.15, 0.2) is 42.1 Å². The largest absolute Gasteiger partial charge is 0.477 e. The first-order valence-electron chi connectivity index (χ1n) is 6.40. The molecule has 0 spiro atoms. The van der Waals surface area contributed by atoms with E-state index in [4.69, 9.17) is 9.84 Å². The average molecular weight is 277 g/mol. The van der Waals surface area contributed by atoms with Gasteiger partial charge in [-0.3, -0.25) is 5.32 Å². The highest BCUT2D eigenvalue weighted by Gasteiger charge is 2.12. The van der Waals surface area contributed by atoms with Crippen molar-refractivity contribution in [2.75, 3.05) is 0 Å². The lowest BCUT2D eigenvalue weighted by molar-refractivity contribution is -0.133. The van der Waals surface area contributed by atoms with Crippen LogP contribution in [0.3, 0.4) is 0 Å². The molecule has 108 valence electrons. The molecule has 0 bridgehead atoms. The molecule has 20 heavy (non-hydrogen) atoms. The Morgan fingerprint density at radius 1 is 1.30 bits per heavy atom. The number of hydrogen-bond acceptors (Lipinski definition) is 3. The van der Waals surface area contributed by atoms with Crippen LogP contribution in [0.1, 0.15) is 25.8 Å². The molecule has 1 rings (SSSR count). The Bertz CT molecular complexity index is 480. The van der Waals surface area contributed by atoms with Gasteiger partial charge in [-0.05, 0) is 17.9 Å². The molecule has 0 aliphatic carbocycles. The molecule has 0 saturated heterocycles. The third-order valence-electron chi connectivity index (χ3n) is 2.47. The summed E-state index contributed by atoms with van der Waals surface area (Å²) >= 11 is 0. The topological polar surface area (TPSA) is 75.6 Å². The first kappa shape index (κ1) is 15.8. The summed E-state index contributed by atoms with van der Waals surface area (Å²) in [4.78, 5) is 22.5. The lowest BCUT2D eigenvalue weighted by atomic mass is 10.1. The van der Waals surface area contributed by atoms with Gasteiger partial charge >= 0.3 is 12.1 Å². The van der Waals surface area contributed by atoms with Crippen molar-refractivity contribution in [3.8, 4) is 0 Å². The molecule has 0 aromatic heterocycles. The number of rotatable bonds is 6. The molecule has 0 radical (unpaired) electrons. The van der Waals surface area contributed by atoms with Gasteiger partial charge in [0, 0.05) is 0 Å². The number of nitrogens with one attached hydrogen (secondary N) is 1. The molecule has 0 fully saturated rings. The second-order valence-corrected chi connectivity index (χ2v) is 4.74. The lowest BCUT2D eigenvalue weighted by Crippen LogP contribution is -2.28. The summed E-state index contributed by atoms with van der Waals surface area (Å²) in [6.07, 6.45) is 1.28. The Balaban J connectivity index is 2.50. The molecule has 0 saturated carbocycles. The molecule has 0 heterocycles. The van der Waals surface area contributed by atoms with Gasteiger partial charge in [0.05, 0.1) is 0 Å². The van der Waals surface area contributed by atoms with Crippen molar-refractivity contribution >= 4 is 12.1 Å². The molecule has 0 unspecified atom stereocenters. The minimum atomic E-state index is -1.18. The van der Waals surface area contributed by atoms with Crippen molar-refractivity contribution in [1.29, 1.82) is 0 Å². The van der Waals surface area contributed by atoms with E-state index in [-0.39, 0.29) is 12.3 Å². The molecule has 5 nitrogen and oxygen atoms in total. The van der Waals surface area contributed by atoms with E-state index < -0.39 is 12.1 Å². The van der Waals surface area contributed by atoms with Crippen molar-refractivity contribution in [3.63, 3.8) is 0 Å². The highest BCUT2D eigenvalue weighted by Crippen LogP contribution is 2.04. The zero-order valence-electron chi connectivity index (χ0n) is 11.6. The van der Waals surface area contributed by atoms with Crippen LogP contribution in [-0.2, 0) is 16.1 Å². The molecule has 5 heteroatoms. The number of hydrogen-bond donors (Lipinski definition) is 2.